The van der Waals surface area contributed by atoms with Gasteiger partial charge in [0.2, 0.25) is 0 Å². The Morgan fingerprint density at radius 3 is 3.04 bits per heavy atom. The second kappa shape index (κ2) is 6.60. The fourth-order valence-corrected chi connectivity index (χ4v) is 4.03. The third kappa shape index (κ3) is 3.07. The van der Waals surface area contributed by atoms with Crippen LogP contribution >= 0.6 is 11.6 Å². The molecule has 0 radical (unpaired) electrons. The lowest BCUT2D eigenvalue weighted by molar-refractivity contribution is -0.151. The minimum Gasteiger partial charge on any atom is -0.456 e. The smallest absolute Gasteiger partial charge is 0.326 e. The molecule has 2 aliphatic rings. The first-order valence-electron chi connectivity index (χ1n) is 8.71. The zero-order valence-corrected chi connectivity index (χ0v) is 14.4. The minimum atomic E-state index is -0.196. The summed E-state index contributed by atoms with van der Waals surface area (Å²) in [6, 6.07) is 5.89. The molecular formula is C19H21ClN2O2. The van der Waals surface area contributed by atoms with E-state index in [0.717, 1.165) is 43.4 Å². The highest BCUT2D eigenvalue weighted by Gasteiger charge is 2.25. The topological polar surface area (TPSA) is 44.1 Å². The van der Waals surface area contributed by atoms with E-state index in [1.54, 1.807) is 6.33 Å². The molecule has 4 rings (SSSR count). The average Bonchev–Trinajstić information content (AvgIpc) is 2.98. The van der Waals surface area contributed by atoms with Gasteiger partial charge in [0.25, 0.3) is 0 Å². The lowest BCUT2D eigenvalue weighted by atomic mass is 9.89. The third-order valence-electron chi connectivity index (χ3n) is 5.05. The van der Waals surface area contributed by atoms with Gasteiger partial charge in [-0.25, -0.2) is 4.98 Å². The van der Waals surface area contributed by atoms with E-state index in [-0.39, 0.29) is 18.6 Å². The molecule has 4 nitrogen and oxygen atoms in total. The molecule has 0 N–H and O–H groups in total. The third-order valence-corrected chi connectivity index (χ3v) is 5.29. The predicted molar refractivity (Wildman–Crippen MR) is 92.1 cm³/mol. The highest BCUT2D eigenvalue weighted by molar-refractivity contribution is 6.30. The van der Waals surface area contributed by atoms with Gasteiger partial charge in [-0.1, -0.05) is 17.7 Å². The van der Waals surface area contributed by atoms with Crippen LogP contribution in [0, 0.1) is 0 Å². The summed E-state index contributed by atoms with van der Waals surface area (Å²) in [6.07, 6.45) is 8.90. The van der Waals surface area contributed by atoms with Crippen molar-refractivity contribution in [2.75, 3.05) is 0 Å². The maximum absolute atomic E-state index is 12.5. The first-order valence-corrected chi connectivity index (χ1v) is 9.09. The van der Waals surface area contributed by atoms with Crippen LogP contribution in [0.25, 0.3) is 0 Å². The molecule has 2 aromatic rings. The predicted octanol–water partition coefficient (Wildman–Crippen LogP) is 4.04. The van der Waals surface area contributed by atoms with Gasteiger partial charge in [0.1, 0.15) is 12.6 Å². The molecule has 126 valence electrons. The number of hydrogen-bond acceptors (Lipinski definition) is 3. The van der Waals surface area contributed by atoms with E-state index in [9.17, 15) is 4.79 Å². The zero-order valence-electron chi connectivity index (χ0n) is 13.6. The van der Waals surface area contributed by atoms with Crippen molar-refractivity contribution in [1.29, 1.82) is 0 Å². The Labute approximate surface area is 146 Å². The van der Waals surface area contributed by atoms with E-state index in [4.69, 9.17) is 16.3 Å². The Morgan fingerprint density at radius 1 is 1.25 bits per heavy atom. The van der Waals surface area contributed by atoms with Crippen molar-refractivity contribution in [1.82, 2.24) is 9.55 Å². The summed E-state index contributed by atoms with van der Waals surface area (Å²) in [7, 11) is 0. The van der Waals surface area contributed by atoms with Crippen LogP contribution in [-0.2, 0) is 35.3 Å². The van der Waals surface area contributed by atoms with Crippen molar-refractivity contribution in [2.24, 2.45) is 0 Å². The molecule has 0 aliphatic heterocycles. The number of aryl methyl sites for hydroxylation is 2. The quantitative estimate of drug-likeness (QED) is 0.789. The monoisotopic (exact) mass is 344 g/mol. The minimum absolute atomic E-state index is 0.181. The summed E-state index contributed by atoms with van der Waals surface area (Å²) in [5.41, 5.74) is 4.65. The Morgan fingerprint density at radius 2 is 2.12 bits per heavy atom. The summed E-state index contributed by atoms with van der Waals surface area (Å²) in [6.45, 7) is 0.245. The number of carbonyl (C=O) groups excluding carboxylic acids is 1. The van der Waals surface area contributed by atoms with Gasteiger partial charge in [-0.2, -0.15) is 0 Å². The summed E-state index contributed by atoms with van der Waals surface area (Å²) in [5.74, 6) is -0.196. The highest BCUT2D eigenvalue weighted by atomic mass is 35.5. The number of halogens is 1. The number of fused-ring (bicyclic) bond motifs is 2. The Hall–Kier alpha value is -1.81. The number of nitrogens with zero attached hydrogens (tertiary/aromatic N) is 2. The van der Waals surface area contributed by atoms with E-state index in [0.29, 0.717) is 5.02 Å². The maximum atomic E-state index is 12.5. The van der Waals surface area contributed by atoms with Crippen LogP contribution in [0.2, 0.25) is 5.02 Å². The number of aromatic nitrogens is 2. The van der Waals surface area contributed by atoms with Gasteiger partial charge in [-0.05, 0) is 68.2 Å². The first kappa shape index (κ1) is 15.7. The van der Waals surface area contributed by atoms with Crippen molar-refractivity contribution >= 4 is 17.6 Å². The van der Waals surface area contributed by atoms with Crippen molar-refractivity contribution in [2.45, 2.75) is 57.6 Å². The molecule has 0 spiro atoms. The molecule has 24 heavy (non-hydrogen) atoms. The Balaban J connectivity index is 1.48. The van der Waals surface area contributed by atoms with Crippen LogP contribution in [0.4, 0.5) is 0 Å². The van der Waals surface area contributed by atoms with Crippen molar-refractivity contribution in [3.63, 3.8) is 0 Å². The second-order valence-electron chi connectivity index (χ2n) is 6.69. The second-order valence-corrected chi connectivity index (χ2v) is 7.12. The van der Waals surface area contributed by atoms with E-state index in [1.165, 1.54) is 24.1 Å². The van der Waals surface area contributed by atoms with Crippen molar-refractivity contribution in [3.8, 4) is 0 Å². The number of hydrogen-bond donors (Lipinski definition) is 0. The summed E-state index contributed by atoms with van der Waals surface area (Å²) < 4.78 is 7.75. The molecule has 2 aliphatic carbocycles. The van der Waals surface area contributed by atoms with Crippen LogP contribution in [0.3, 0.4) is 0 Å². The molecule has 1 aromatic heterocycles. The molecule has 0 fully saturated rings. The fraction of sp³-hybridized carbons (Fsp3) is 0.474. The van der Waals surface area contributed by atoms with Gasteiger partial charge < -0.3 is 9.30 Å². The normalized spacial score (nSPS) is 19.5. The van der Waals surface area contributed by atoms with Gasteiger partial charge in [0.15, 0.2) is 0 Å². The van der Waals surface area contributed by atoms with E-state index in [2.05, 4.69) is 4.98 Å². The molecule has 0 saturated carbocycles. The van der Waals surface area contributed by atoms with Crippen LogP contribution in [0.15, 0.2) is 24.5 Å². The first-order chi connectivity index (χ1) is 11.7. The maximum Gasteiger partial charge on any atom is 0.326 e. The van der Waals surface area contributed by atoms with E-state index >= 15 is 0 Å². The van der Waals surface area contributed by atoms with Crippen molar-refractivity contribution < 1.29 is 9.53 Å². The highest BCUT2D eigenvalue weighted by Crippen LogP contribution is 2.34. The molecule has 1 heterocycles. The average molecular weight is 345 g/mol. The molecule has 1 aromatic carbocycles. The van der Waals surface area contributed by atoms with Crippen LogP contribution in [-0.4, -0.2) is 15.5 Å². The SMILES string of the molecule is O=C(Cn1cnc2c1CCCC2)O[C@@H]1CCCc2ccc(Cl)cc21. The molecule has 0 unspecified atom stereocenters. The van der Waals surface area contributed by atoms with Gasteiger partial charge in [-0.3, -0.25) is 4.79 Å². The van der Waals surface area contributed by atoms with Crippen LogP contribution in [0.1, 0.15) is 54.3 Å². The van der Waals surface area contributed by atoms with E-state index in [1.807, 2.05) is 22.8 Å². The van der Waals surface area contributed by atoms with Gasteiger partial charge in [0.05, 0.1) is 12.0 Å². The number of benzene rings is 1. The summed E-state index contributed by atoms with van der Waals surface area (Å²) in [4.78, 5) is 16.9. The Kier molecular flexibility index (Phi) is 4.31. The number of rotatable bonds is 3. The van der Waals surface area contributed by atoms with Crippen LogP contribution in [0.5, 0.6) is 0 Å². The lowest BCUT2D eigenvalue weighted by Gasteiger charge is -2.26. The number of imidazole rings is 1. The number of carbonyl (C=O) groups is 1. The molecular weight excluding hydrogens is 324 g/mol. The molecule has 1 atom stereocenters. The number of ether oxygens (including phenoxy) is 1. The summed E-state index contributed by atoms with van der Waals surface area (Å²) >= 11 is 6.12. The summed E-state index contributed by atoms with van der Waals surface area (Å²) in [5, 5.41) is 0.695. The molecule has 0 saturated heterocycles. The number of esters is 1. The molecule has 0 amide bonds. The van der Waals surface area contributed by atoms with Gasteiger partial charge >= 0.3 is 5.97 Å². The van der Waals surface area contributed by atoms with Gasteiger partial charge in [-0.15, -0.1) is 0 Å². The zero-order chi connectivity index (χ0) is 16.5. The molecule has 0 bridgehead atoms. The fourth-order valence-electron chi connectivity index (χ4n) is 3.85. The molecule has 5 heteroatoms. The van der Waals surface area contributed by atoms with Crippen molar-refractivity contribution in [3.05, 3.63) is 52.1 Å². The lowest BCUT2D eigenvalue weighted by Crippen LogP contribution is -2.21. The van der Waals surface area contributed by atoms with Gasteiger partial charge in [0, 0.05) is 10.7 Å². The largest absolute Gasteiger partial charge is 0.456 e. The standard InChI is InChI=1S/C19H21ClN2O2/c20-14-9-8-13-4-3-7-18(15(13)10-14)24-19(23)11-22-12-21-16-5-1-2-6-17(16)22/h8-10,12,18H,1-7,11H2/t18-/m1/s1. The Bertz CT molecular complexity index is 769. The van der Waals surface area contributed by atoms with E-state index < -0.39 is 0 Å². The van der Waals surface area contributed by atoms with Crippen LogP contribution < -0.4 is 0 Å².